The van der Waals surface area contributed by atoms with Gasteiger partial charge in [-0.05, 0) is 36.6 Å². The fourth-order valence-electron chi connectivity index (χ4n) is 4.50. The van der Waals surface area contributed by atoms with Gasteiger partial charge in [-0.15, -0.1) is 11.3 Å². The molecule has 0 unspecified atom stereocenters. The summed E-state index contributed by atoms with van der Waals surface area (Å²) in [5.74, 6) is -0.280. The van der Waals surface area contributed by atoms with Crippen LogP contribution in [0.15, 0.2) is 96.5 Å². The average Bonchev–Trinajstić information content (AvgIpc) is 3.51. The van der Waals surface area contributed by atoms with Gasteiger partial charge in [0.05, 0.1) is 5.69 Å². The number of hydrogen-bond acceptors (Lipinski definition) is 4. The number of carbonyl (C=O) groups excluding carboxylic acids is 2. The molecule has 5 rings (SSSR count). The number of amides is 2. The van der Waals surface area contributed by atoms with Gasteiger partial charge in [-0.1, -0.05) is 78.9 Å². The van der Waals surface area contributed by atoms with Crippen molar-refractivity contribution in [1.29, 1.82) is 0 Å². The molecule has 0 radical (unpaired) electrons. The highest BCUT2D eigenvalue weighted by molar-refractivity contribution is 7.15. The van der Waals surface area contributed by atoms with Crippen molar-refractivity contribution in [3.05, 3.63) is 119 Å². The van der Waals surface area contributed by atoms with E-state index in [1.54, 1.807) is 0 Å². The number of fused-ring (bicyclic) bond motifs is 1. The van der Waals surface area contributed by atoms with Crippen LogP contribution in [0.3, 0.4) is 0 Å². The van der Waals surface area contributed by atoms with Crippen molar-refractivity contribution in [2.75, 3.05) is 6.54 Å². The Kier molecular flexibility index (Phi) is 7.14. The Morgan fingerprint density at radius 3 is 2.41 bits per heavy atom. The molecule has 0 aliphatic heterocycles. The first kappa shape index (κ1) is 24.5. The standard InChI is InChI=1S/C30H28N4O2S/c1-21(19-31-28(35)27-22(2)32-30-33(27)17-18-37-30)34(20-23-11-5-3-6-12-23)29(36)26-16-10-9-15-25(26)24-13-7-4-8-14-24/h3-18,21H,19-20H2,1-2H3,(H,31,35)/t21-/m1/s1. The highest BCUT2D eigenvalue weighted by atomic mass is 32.1. The van der Waals surface area contributed by atoms with Gasteiger partial charge in [-0.2, -0.15) is 0 Å². The summed E-state index contributed by atoms with van der Waals surface area (Å²) in [6, 6.07) is 27.3. The molecule has 1 N–H and O–H groups in total. The van der Waals surface area contributed by atoms with Gasteiger partial charge in [0.1, 0.15) is 5.69 Å². The van der Waals surface area contributed by atoms with E-state index in [4.69, 9.17) is 0 Å². The van der Waals surface area contributed by atoms with Crippen molar-refractivity contribution in [1.82, 2.24) is 19.6 Å². The summed E-state index contributed by atoms with van der Waals surface area (Å²) in [7, 11) is 0. The first-order valence-corrected chi connectivity index (χ1v) is 13.1. The molecule has 186 valence electrons. The molecule has 5 aromatic rings. The molecule has 7 heteroatoms. The quantitative estimate of drug-likeness (QED) is 0.287. The summed E-state index contributed by atoms with van der Waals surface area (Å²) in [4.78, 5) is 34.3. The maximum absolute atomic E-state index is 14.1. The SMILES string of the molecule is Cc1nc2sccn2c1C(=O)NC[C@@H](C)N(Cc1ccccc1)C(=O)c1ccccc1-c1ccccc1. The Bertz CT molecular complexity index is 1530. The summed E-state index contributed by atoms with van der Waals surface area (Å²) in [6.45, 7) is 4.54. The second-order valence-corrected chi connectivity index (χ2v) is 9.86. The molecule has 3 aromatic carbocycles. The molecule has 2 amide bonds. The molecule has 0 saturated carbocycles. The van der Waals surface area contributed by atoms with Crippen molar-refractivity contribution < 1.29 is 9.59 Å². The first-order chi connectivity index (χ1) is 18.0. The zero-order chi connectivity index (χ0) is 25.8. The molecular weight excluding hydrogens is 480 g/mol. The van der Waals surface area contributed by atoms with E-state index in [2.05, 4.69) is 10.3 Å². The lowest BCUT2D eigenvalue weighted by Crippen LogP contribution is -2.45. The summed E-state index contributed by atoms with van der Waals surface area (Å²) in [5.41, 5.74) is 4.75. The lowest BCUT2D eigenvalue weighted by molar-refractivity contribution is 0.0665. The van der Waals surface area contributed by atoms with Gasteiger partial charge in [-0.3, -0.25) is 14.0 Å². The Labute approximate surface area is 220 Å². The lowest BCUT2D eigenvalue weighted by atomic mass is 9.98. The van der Waals surface area contributed by atoms with Gasteiger partial charge >= 0.3 is 0 Å². The topological polar surface area (TPSA) is 66.7 Å². The van der Waals surface area contributed by atoms with E-state index in [0.29, 0.717) is 30.0 Å². The molecule has 37 heavy (non-hydrogen) atoms. The molecule has 0 bridgehead atoms. The molecule has 0 fully saturated rings. The van der Waals surface area contributed by atoms with Crippen LogP contribution in [0, 0.1) is 6.92 Å². The number of nitrogens with one attached hydrogen (secondary N) is 1. The van der Waals surface area contributed by atoms with Gasteiger partial charge in [-0.25, -0.2) is 4.98 Å². The van der Waals surface area contributed by atoms with Crippen LogP contribution in [-0.4, -0.2) is 38.7 Å². The third-order valence-corrected chi connectivity index (χ3v) is 7.20. The molecule has 1 atom stereocenters. The van der Waals surface area contributed by atoms with E-state index in [1.165, 1.54) is 11.3 Å². The van der Waals surface area contributed by atoms with Crippen LogP contribution in [0.4, 0.5) is 0 Å². The highest BCUT2D eigenvalue weighted by Gasteiger charge is 2.25. The van der Waals surface area contributed by atoms with Crippen LogP contribution in [-0.2, 0) is 6.54 Å². The minimum Gasteiger partial charge on any atom is -0.349 e. The molecule has 0 aliphatic carbocycles. The van der Waals surface area contributed by atoms with Crippen molar-refractivity contribution in [2.24, 2.45) is 0 Å². The largest absolute Gasteiger partial charge is 0.349 e. The van der Waals surface area contributed by atoms with E-state index in [0.717, 1.165) is 21.7 Å². The van der Waals surface area contributed by atoms with E-state index < -0.39 is 0 Å². The number of nitrogens with zero attached hydrogens (tertiary/aromatic N) is 3. The van der Waals surface area contributed by atoms with Crippen LogP contribution in [0.1, 0.15) is 39.0 Å². The van der Waals surface area contributed by atoms with Crippen LogP contribution in [0.25, 0.3) is 16.1 Å². The Hall–Kier alpha value is -4.23. The van der Waals surface area contributed by atoms with Crippen LogP contribution in [0.2, 0.25) is 0 Å². The van der Waals surface area contributed by atoms with Crippen molar-refractivity contribution in [3.63, 3.8) is 0 Å². The Morgan fingerprint density at radius 2 is 1.65 bits per heavy atom. The van der Waals surface area contributed by atoms with Gasteiger partial charge < -0.3 is 10.2 Å². The van der Waals surface area contributed by atoms with Gasteiger partial charge in [0, 0.05) is 36.3 Å². The van der Waals surface area contributed by atoms with Crippen molar-refractivity contribution in [3.8, 4) is 11.1 Å². The fraction of sp³-hybridized carbons (Fsp3) is 0.167. The third-order valence-electron chi connectivity index (χ3n) is 6.44. The number of imidazole rings is 1. The zero-order valence-corrected chi connectivity index (χ0v) is 21.6. The fourth-order valence-corrected chi connectivity index (χ4v) is 5.26. The maximum atomic E-state index is 14.1. The lowest BCUT2D eigenvalue weighted by Gasteiger charge is -2.30. The molecule has 0 spiro atoms. The van der Waals surface area contributed by atoms with E-state index in [-0.39, 0.29) is 17.9 Å². The van der Waals surface area contributed by atoms with E-state index in [1.807, 2.05) is 120 Å². The number of carbonyl (C=O) groups is 2. The predicted octanol–water partition coefficient (Wildman–Crippen LogP) is 5.83. The summed E-state index contributed by atoms with van der Waals surface area (Å²) in [5, 5.41) is 4.95. The molecule has 2 aromatic heterocycles. The number of benzene rings is 3. The number of aryl methyl sites for hydroxylation is 1. The minimum absolute atomic E-state index is 0.0780. The monoisotopic (exact) mass is 508 g/mol. The third kappa shape index (κ3) is 5.17. The number of hydrogen-bond donors (Lipinski definition) is 1. The normalized spacial score (nSPS) is 11.8. The van der Waals surface area contributed by atoms with Gasteiger partial charge in [0.15, 0.2) is 4.96 Å². The Balaban J connectivity index is 1.41. The maximum Gasteiger partial charge on any atom is 0.270 e. The number of aromatic nitrogens is 2. The highest BCUT2D eigenvalue weighted by Crippen LogP contribution is 2.26. The van der Waals surface area contributed by atoms with Crippen molar-refractivity contribution in [2.45, 2.75) is 26.4 Å². The number of thiazole rings is 1. The second-order valence-electron chi connectivity index (χ2n) is 8.99. The molecular formula is C30H28N4O2S. The van der Waals surface area contributed by atoms with E-state index >= 15 is 0 Å². The number of rotatable bonds is 8. The van der Waals surface area contributed by atoms with Gasteiger partial charge in [0.2, 0.25) is 0 Å². The van der Waals surface area contributed by atoms with Crippen LogP contribution in [0.5, 0.6) is 0 Å². The molecule has 2 heterocycles. The summed E-state index contributed by atoms with van der Waals surface area (Å²) in [6.07, 6.45) is 1.85. The van der Waals surface area contributed by atoms with Crippen LogP contribution < -0.4 is 5.32 Å². The van der Waals surface area contributed by atoms with Crippen molar-refractivity contribution >= 4 is 28.1 Å². The Morgan fingerprint density at radius 1 is 0.973 bits per heavy atom. The average molecular weight is 509 g/mol. The molecule has 0 aliphatic rings. The van der Waals surface area contributed by atoms with E-state index in [9.17, 15) is 9.59 Å². The van der Waals surface area contributed by atoms with Gasteiger partial charge in [0.25, 0.3) is 11.8 Å². The molecule has 0 saturated heterocycles. The first-order valence-electron chi connectivity index (χ1n) is 12.2. The second kappa shape index (κ2) is 10.8. The summed E-state index contributed by atoms with van der Waals surface area (Å²) >= 11 is 1.49. The zero-order valence-electron chi connectivity index (χ0n) is 20.8. The smallest absolute Gasteiger partial charge is 0.270 e. The predicted molar refractivity (Wildman–Crippen MR) is 148 cm³/mol. The minimum atomic E-state index is -0.258. The summed E-state index contributed by atoms with van der Waals surface area (Å²) < 4.78 is 1.81. The molecule has 6 nitrogen and oxygen atoms in total. The van der Waals surface area contributed by atoms with Crippen LogP contribution >= 0.6 is 11.3 Å².